The fourth-order valence-electron chi connectivity index (χ4n) is 1.77. The summed E-state index contributed by atoms with van der Waals surface area (Å²) < 4.78 is 6.60. The molecule has 0 atom stereocenters. The predicted molar refractivity (Wildman–Crippen MR) is 61.5 cm³/mol. The number of methoxy groups -OCH3 is 1. The van der Waals surface area contributed by atoms with Crippen molar-refractivity contribution in [3.8, 4) is 0 Å². The molecule has 0 saturated heterocycles. The largest absolute Gasteiger partial charge is 0.465 e. The van der Waals surface area contributed by atoms with Gasteiger partial charge in [-0.2, -0.15) is 5.10 Å². The van der Waals surface area contributed by atoms with Gasteiger partial charge in [0.2, 0.25) is 0 Å². The van der Waals surface area contributed by atoms with Gasteiger partial charge in [0.1, 0.15) is 0 Å². The van der Waals surface area contributed by atoms with Gasteiger partial charge < -0.3 is 4.74 Å². The number of nitrogens with zero attached hydrogens (tertiary/aromatic N) is 2. The number of aromatic nitrogens is 2. The lowest BCUT2D eigenvalue weighted by Crippen LogP contribution is -2.08. The van der Waals surface area contributed by atoms with Gasteiger partial charge in [-0.1, -0.05) is 12.1 Å². The molecule has 0 saturated carbocycles. The van der Waals surface area contributed by atoms with Gasteiger partial charge in [0.25, 0.3) is 0 Å². The van der Waals surface area contributed by atoms with Crippen molar-refractivity contribution in [1.82, 2.24) is 9.78 Å². The first-order chi connectivity index (χ1) is 7.65. The van der Waals surface area contributed by atoms with Gasteiger partial charge in [-0.25, -0.2) is 4.79 Å². The highest BCUT2D eigenvalue weighted by molar-refractivity contribution is 6.02. The van der Waals surface area contributed by atoms with E-state index in [-0.39, 0.29) is 12.0 Å². The third kappa shape index (κ3) is 1.56. The lowest BCUT2D eigenvalue weighted by Gasteiger charge is -2.09. The van der Waals surface area contributed by atoms with E-state index >= 15 is 0 Å². The van der Waals surface area contributed by atoms with Crippen LogP contribution in [0.4, 0.5) is 0 Å². The van der Waals surface area contributed by atoms with Gasteiger partial charge in [-0.3, -0.25) is 4.68 Å². The number of rotatable bonds is 2. The van der Waals surface area contributed by atoms with E-state index in [1.165, 1.54) is 7.11 Å². The Morgan fingerprint density at radius 1 is 1.44 bits per heavy atom. The molecule has 0 aliphatic heterocycles. The van der Waals surface area contributed by atoms with Gasteiger partial charge in [0.05, 0.1) is 24.4 Å². The van der Waals surface area contributed by atoms with Crippen LogP contribution in [0.3, 0.4) is 0 Å². The van der Waals surface area contributed by atoms with Crippen LogP contribution in [-0.4, -0.2) is 22.9 Å². The molecule has 0 radical (unpaired) electrons. The van der Waals surface area contributed by atoms with Crippen molar-refractivity contribution >= 4 is 16.9 Å². The smallest absolute Gasteiger partial charge is 0.340 e. The minimum atomic E-state index is -0.326. The van der Waals surface area contributed by atoms with E-state index in [1.54, 1.807) is 12.3 Å². The summed E-state index contributed by atoms with van der Waals surface area (Å²) in [4.78, 5) is 11.6. The van der Waals surface area contributed by atoms with Crippen molar-refractivity contribution in [2.45, 2.75) is 19.9 Å². The molecule has 0 bridgehead atoms. The Balaban J connectivity index is 2.73. The highest BCUT2D eigenvalue weighted by Crippen LogP contribution is 2.22. The van der Waals surface area contributed by atoms with Crippen molar-refractivity contribution in [1.29, 1.82) is 0 Å². The van der Waals surface area contributed by atoms with Gasteiger partial charge >= 0.3 is 5.97 Å². The molecule has 0 N–H and O–H groups in total. The second kappa shape index (κ2) is 3.96. The second-order valence-electron chi connectivity index (χ2n) is 3.92. The Morgan fingerprint density at radius 2 is 2.19 bits per heavy atom. The maximum absolute atomic E-state index is 11.6. The number of hydrogen-bond donors (Lipinski definition) is 0. The Bertz CT molecular complexity index is 529. The highest BCUT2D eigenvalue weighted by atomic mass is 16.5. The van der Waals surface area contributed by atoms with Crippen molar-refractivity contribution in [3.63, 3.8) is 0 Å². The second-order valence-corrected chi connectivity index (χ2v) is 3.92. The van der Waals surface area contributed by atoms with Crippen molar-refractivity contribution in [2.24, 2.45) is 0 Å². The quantitative estimate of drug-likeness (QED) is 0.727. The van der Waals surface area contributed by atoms with Crippen molar-refractivity contribution in [2.75, 3.05) is 7.11 Å². The number of para-hydroxylation sites is 1. The van der Waals surface area contributed by atoms with Crippen LogP contribution in [0, 0.1) is 0 Å². The minimum absolute atomic E-state index is 0.211. The summed E-state index contributed by atoms with van der Waals surface area (Å²) in [6.07, 6.45) is 1.77. The molecule has 2 rings (SSSR count). The first kappa shape index (κ1) is 10.7. The average molecular weight is 218 g/mol. The molecule has 0 aliphatic rings. The Morgan fingerprint density at radius 3 is 2.81 bits per heavy atom. The lowest BCUT2D eigenvalue weighted by atomic mass is 10.1. The number of ether oxygens (including phenoxy) is 1. The number of carbonyl (C=O) groups is 1. The number of fused-ring (bicyclic) bond motifs is 1. The zero-order chi connectivity index (χ0) is 11.7. The zero-order valence-corrected chi connectivity index (χ0v) is 9.60. The van der Waals surface area contributed by atoms with E-state index in [4.69, 9.17) is 4.74 Å². The molecule has 1 aromatic heterocycles. The number of benzene rings is 1. The number of carbonyl (C=O) groups excluding carboxylic acids is 1. The molecule has 1 aromatic carbocycles. The molecule has 4 heteroatoms. The lowest BCUT2D eigenvalue weighted by molar-refractivity contribution is 0.0602. The maximum atomic E-state index is 11.6. The van der Waals surface area contributed by atoms with Crippen LogP contribution >= 0.6 is 0 Å². The van der Waals surface area contributed by atoms with Gasteiger partial charge in [0.15, 0.2) is 0 Å². The molecule has 0 aliphatic carbocycles. The third-order valence-corrected chi connectivity index (χ3v) is 2.51. The molecular formula is C12H14N2O2. The van der Waals surface area contributed by atoms with E-state index in [0.717, 1.165) is 10.9 Å². The fraction of sp³-hybridized carbons (Fsp3) is 0.333. The predicted octanol–water partition coefficient (Wildman–Crippen LogP) is 2.40. The molecule has 84 valence electrons. The first-order valence-electron chi connectivity index (χ1n) is 5.19. The molecule has 0 fully saturated rings. The summed E-state index contributed by atoms with van der Waals surface area (Å²) in [6, 6.07) is 5.74. The van der Waals surface area contributed by atoms with Gasteiger partial charge in [0, 0.05) is 11.4 Å². The standard InChI is InChI=1S/C12H14N2O2/c1-8(2)14-11-9(7-13-14)5-4-6-10(11)12(15)16-3/h4-8H,1-3H3. The zero-order valence-electron chi connectivity index (χ0n) is 9.60. The summed E-state index contributed by atoms with van der Waals surface area (Å²) in [5.41, 5.74) is 1.40. The SMILES string of the molecule is COC(=O)c1cccc2cnn(C(C)C)c12. The highest BCUT2D eigenvalue weighted by Gasteiger charge is 2.15. The van der Waals surface area contributed by atoms with Crippen LogP contribution in [0.15, 0.2) is 24.4 Å². The van der Waals surface area contributed by atoms with Crippen molar-refractivity contribution in [3.05, 3.63) is 30.0 Å². The van der Waals surface area contributed by atoms with Gasteiger partial charge in [-0.15, -0.1) is 0 Å². The van der Waals surface area contributed by atoms with Crippen LogP contribution in [0.2, 0.25) is 0 Å². The molecule has 4 nitrogen and oxygen atoms in total. The van der Waals surface area contributed by atoms with Gasteiger partial charge in [-0.05, 0) is 19.9 Å². The maximum Gasteiger partial charge on any atom is 0.340 e. The molecule has 0 amide bonds. The Kier molecular flexibility index (Phi) is 2.64. The minimum Gasteiger partial charge on any atom is -0.465 e. The molecule has 16 heavy (non-hydrogen) atoms. The summed E-state index contributed by atoms with van der Waals surface area (Å²) in [5, 5.41) is 5.24. The summed E-state index contributed by atoms with van der Waals surface area (Å²) in [5.74, 6) is -0.326. The van der Waals surface area contributed by atoms with E-state index in [9.17, 15) is 4.79 Å². The molecule has 2 aromatic rings. The van der Waals surface area contributed by atoms with E-state index < -0.39 is 0 Å². The Labute approximate surface area is 93.8 Å². The van der Waals surface area contributed by atoms with E-state index in [1.807, 2.05) is 30.7 Å². The van der Waals surface area contributed by atoms with Crippen LogP contribution in [-0.2, 0) is 4.74 Å². The van der Waals surface area contributed by atoms with Crippen molar-refractivity contribution < 1.29 is 9.53 Å². The molecular weight excluding hydrogens is 204 g/mol. The normalized spacial score (nSPS) is 11.0. The molecule has 0 unspecified atom stereocenters. The van der Waals surface area contributed by atoms with Crippen LogP contribution < -0.4 is 0 Å². The average Bonchev–Trinajstić information content (AvgIpc) is 2.71. The van der Waals surface area contributed by atoms with Crippen LogP contribution in [0.5, 0.6) is 0 Å². The van der Waals surface area contributed by atoms with E-state index in [2.05, 4.69) is 5.10 Å². The number of hydrogen-bond acceptors (Lipinski definition) is 3. The topological polar surface area (TPSA) is 44.1 Å². The number of esters is 1. The fourth-order valence-corrected chi connectivity index (χ4v) is 1.77. The summed E-state index contributed by atoms with van der Waals surface area (Å²) in [7, 11) is 1.39. The van der Waals surface area contributed by atoms with E-state index in [0.29, 0.717) is 5.56 Å². The summed E-state index contributed by atoms with van der Waals surface area (Å²) in [6.45, 7) is 4.06. The first-order valence-corrected chi connectivity index (χ1v) is 5.19. The third-order valence-electron chi connectivity index (χ3n) is 2.51. The monoisotopic (exact) mass is 218 g/mol. The van der Waals surface area contributed by atoms with Crippen LogP contribution in [0.1, 0.15) is 30.2 Å². The molecule has 1 heterocycles. The van der Waals surface area contributed by atoms with Crippen LogP contribution in [0.25, 0.3) is 10.9 Å². The summed E-state index contributed by atoms with van der Waals surface area (Å²) >= 11 is 0. The Hall–Kier alpha value is -1.84. The molecule has 0 spiro atoms.